The largest absolute Gasteiger partial charge is 0.388 e. The van der Waals surface area contributed by atoms with E-state index in [4.69, 9.17) is 0 Å². The Morgan fingerprint density at radius 2 is 2.43 bits per heavy atom. The fraction of sp³-hybridized carbons (Fsp3) is 0.500. The molecule has 1 aromatic rings. The van der Waals surface area contributed by atoms with E-state index in [0.29, 0.717) is 11.4 Å². The molecule has 0 aromatic carbocycles. The van der Waals surface area contributed by atoms with Gasteiger partial charge < -0.3 is 10.4 Å². The number of carbonyl (C=O) groups excluding carboxylic acids is 1. The Morgan fingerprint density at radius 3 is 2.93 bits per heavy atom. The van der Waals surface area contributed by atoms with E-state index in [0.717, 1.165) is 19.3 Å². The molecule has 0 unspecified atom stereocenters. The van der Waals surface area contributed by atoms with Crippen molar-refractivity contribution < 1.29 is 9.90 Å². The number of amides is 1. The quantitative estimate of drug-likeness (QED) is 0.793. The van der Waals surface area contributed by atoms with Crippen molar-refractivity contribution in [1.82, 2.24) is 5.32 Å². The van der Waals surface area contributed by atoms with Gasteiger partial charge >= 0.3 is 0 Å². The topological polar surface area (TPSA) is 49.3 Å². The van der Waals surface area contributed by atoms with Gasteiger partial charge in [0.25, 0.3) is 5.91 Å². The Labute approximate surface area is 86.8 Å². The molecule has 4 heteroatoms. The highest BCUT2D eigenvalue weighted by Gasteiger charge is 2.34. The molecule has 1 aliphatic carbocycles. The third-order valence-electron chi connectivity index (χ3n) is 2.61. The normalized spacial score (nSPS) is 18.6. The van der Waals surface area contributed by atoms with E-state index in [2.05, 4.69) is 5.32 Å². The molecule has 1 aliphatic rings. The first-order valence-corrected chi connectivity index (χ1v) is 5.62. The first-order valence-electron chi connectivity index (χ1n) is 4.74. The summed E-state index contributed by atoms with van der Waals surface area (Å²) < 4.78 is 0. The van der Waals surface area contributed by atoms with Gasteiger partial charge in [0.1, 0.15) is 0 Å². The van der Waals surface area contributed by atoms with Gasteiger partial charge in [0.2, 0.25) is 0 Å². The predicted octanol–water partition coefficient (Wildman–Crippen LogP) is 1.39. The average Bonchev–Trinajstić information content (AvgIpc) is 2.63. The maximum atomic E-state index is 11.5. The maximum Gasteiger partial charge on any atom is 0.261 e. The van der Waals surface area contributed by atoms with E-state index in [1.165, 1.54) is 11.3 Å². The van der Waals surface area contributed by atoms with Gasteiger partial charge in [-0.3, -0.25) is 4.79 Å². The second-order valence-electron chi connectivity index (χ2n) is 3.74. The zero-order valence-electron chi connectivity index (χ0n) is 7.82. The van der Waals surface area contributed by atoms with Crippen LogP contribution in [0.15, 0.2) is 17.5 Å². The Hall–Kier alpha value is -0.870. The van der Waals surface area contributed by atoms with Crippen molar-refractivity contribution >= 4 is 17.2 Å². The van der Waals surface area contributed by atoms with Gasteiger partial charge in [-0.25, -0.2) is 0 Å². The van der Waals surface area contributed by atoms with Gasteiger partial charge in [0.15, 0.2) is 0 Å². The van der Waals surface area contributed by atoms with Crippen LogP contribution in [0.1, 0.15) is 28.9 Å². The number of aliphatic hydroxyl groups is 1. The highest BCUT2D eigenvalue weighted by Crippen LogP contribution is 2.30. The average molecular weight is 211 g/mol. The lowest BCUT2D eigenvalue weighted by Gasteiger charge is -2.36. The van der Waals surface area contributed by atoms with Crippen molar-refractivity contribution in [3.05, 3.63) is 22.4 Å². The molecule has 2 rings (SSSR count). The molecule has 1 aromatic heterocycles. The van der Waals surface area contributed by atoms with Crippen LogP contribution in [-0.4, -0.2) is 23.2 Å². The molecule has 0 aliphatic heterocycles. The molecule has 1 fully saturated rings. The predicted molar refractivity (Wildman–Crippen MR) is 55.5 cm³/mol. The van der Waals surface area contributed by atoms with E-state index in [1.54, 1.807) is 6.07 Å². The van der Waals surface area contributed by atoms with Gasteiger partial charge in [-0.1, -0.05) is 6.07 Å². The van der Waals surface area contributed by atoms with Crippen LogP contribution in [0.25, 0.3) is 0 Å². The number of nitrogens with one attached hydrogen (secondary N) is 1. The van der Waals surface area contributed by atoms with E-state index in [-0.39, 0.29) is 5.91 Å². The highest BCUT2D eigenvalue weighted by molar-refractivity contribution is 7.12. The molecule has 0 radical (unpaired) electrons. The summed E-state index contributed by atoms with van der Waals surface area (Å²) in [5, 5.41) is 14.4. The molecular formula is C10H13NO2S. The summed E-state index contributed by atoms with van der Waals surface area (Å²) in [4.78, 5) is 12.2. The van der Waals surface area contributed by atoms with E-state index in [1.807, 2.05) is 11.4 Å². The number of rotatable bonds is 3. The summed E-state index contributed by atoms with van der Waals surface area (Å²) in [5.74, 6) is -0.0830. The fourth-order valence-electron chi connectivity index (χ4n) is 1.50. The summed E-state index contributed by atoms with van der Waals surface area (Å²) in [6.45, 7) is 0.379. The zero-order valence-corrected chi connectivity index (χ0v) is 8.64. The molecule has 0 spiro atoms. The van der Waals surface area contributed by atoms with Crippen LogP contribution in [0.3, 0.4) is 0 Å². The molecule has 0 bridgehead atoms. The highest BCUT2D eigenvalue weighted by atomic mass is 32.1. The molecule has 1 saturated carbocycles. The van der Waals surface area contributed by atoms with Crippen molar-refractivity contribution in [2.75, 3.05) is 6.54 Å². The number of hydrogen-bond donors (Lipinski definition) is 2. The summed E-state index contributed by atoms with van der Waals surface area (Å²) in [6, 6.07) is 3.63. The number of thiophene rings is 1. The minimum absolute atomic E-state index is 0.0830. The molecular weight excluding hydrogens is 198 g/mol. The van der Waals surface area contributed by atoms with Crippen LogP contribution in [0.2, 0.25) is 0 Å². The van der Waals surface area contributed by atoms with Crippen LogP contribution in [-0.2, 0) is 0 Å². The van der Waals surface area contributed by atoms with Crippen molar-refractivity contribution in [3.63, 3.8) is 0 Å². The second-order valence-corrected chi connectivity index (χ2v) is 4.69. The fourth-order valence-corrected chi connectivity index (χ4v) is 2.14. The lowest BCUT2D eigenvalue weighted by Crippen LogP contribution is -2.47. The monoisotopic (exact) mass is 211 g/mol. The lowest BCUT2D eigenvalue weighted by atomic mass is 9.80. The molecule has 14 heavy (non-hydrogen) atoms. The van der Waals surface area contributed by atoms with E-state index < -0.39 is 5.60 Å². The molecule has 3 nitrogen and oxygen atoms in total. The third kappa shape index (κ3) is 1.96. The van der Waals surface area contributed by atoms with Gasteiger partial charge in [-0.15, -0.1) is 11.3 Å². The SMILES string of the molecule is O=C(NCC1(O)CCC1)c1cccs1. The standard InChI is InChI=1S/C10H13NO2S/c12-9(8-3-1-6-14-8)11-7-10(13)4-2-5-10/h1,3,6,13H,2,4-5,7H2,(H,11,12). The molecule has 76 valence electrons. The first kappa shape index (κ1) is 9.68. The maximum absolute atomic E-state index is 11.5. The van der Waals surface area contributed by atoms with Gasteiger partial charge in [0, 0.05) is 6.54 Å². The van der Waals surface area contributed by atoms with Gasteiger partial charge in [-0.2, -0.15) is 0 Å². The van der Waals surface area contributed by atoms with Crippen molar-refractivity contribution in [2.45, 2.75) is 24.9 Å². The van der Waals surface area contributed by atoms with Gasteiger partial charge in [-0.05, 0) is 30.7 Å². The first-order chi connectivity index (χ1) is 6.70. The second kappa shape index (κ2) is 3.71. The van der Waals surface area contributed by atoms with E-state index >= 15 is 0 Å². The van der Waals surface area contributed by atoms with E-state index in [9.17, 15) is 9.90 Å². The summed E-state index contributed by atoms with van der Waals surface area (Å²) in [6.07, 6.45) is 2.67. The minimum Gasteiger partial charge on any atom is -0.388 e. The van der Waals surface area contributed by atoms with Crippen LogP contribution < -0.4 is 5.32 Å². The van der Waals surface area contributed by atoms with Crippen molar-refractivity contribution in [2.24, 2.45) is 0 Å². The molecule has 1 amide bonds. The van der Waals surface area contributed by atoms with Crippen LogP contribution in [0, 0.1) is 0 Å². The van der Waals surface area contributed by atoms with Crippen LogP contribution >= 0.6 is 11.3 Å². The Morgan fingerprint density at radius 1 is 1.64 bits per heavy atom. The summed E-state index contributed by atoms with van der Waals surface area (Å²) in [5.41, 5.74) is -0.632. The molecule has 1 heterocycles. The lowest BCUT2D eigenvalue weighted by molar-refractivity contribution is -0.0300. The van der Waals surface area contributed by atoms with Crippen LogP contribution in [0.5, 0.6) is 0 Å². The Bertz CT molecular complexity index is 317. The Kier molecular flexibility index (Phi) is 2.56. The number of hydrogen-bond acceptors (Lipinski definition) is 3. The molecule has 0 atom stereocenters. The summed E-state index contributed by atoms with van der Waals surface area (Å²) in [7, 11) is 0. The minimum atomic E-state index is -0.632. The van der Waals surface area contributed by atoms with Crippen LogP contribution in [0.4, 0.5) is 0 Å². The third-order valence-corrected chi connectivity index (χ3v) is 3.48. The zero-order chi connectivity index (χ0) is 10.0. The van der Waals surface area contributed by atoms with Gasteiger partial charge in [0.05, 0.1) is 10.5 Å². The van der Waals surface area contributed by atoms with Crippen molar-refractivity contribution in [1.29, 1.82) is 0 Å². The molecule has 2 N–H and O–H groups in total. The van der Waals surface area contributed by atoms with Crippen molar-refractivity contribution in [3.8, 4) is 0 Å². The summed E-state index contributed by atoms with van der Waals surface area (Å²) >= 11 is 1.41. The smallest absolute Gasteiger partial charge is 0.261 e. The number of carbonyl (C=O) groups is 1. The molecule has 0 saturated heterocycles. The Balaban J connectivity index is 1.84.